The second-order valence-corrected chi connectivity index (χ2v) is 8.06. The van der Waals surface area contributed by atoms with Gasteiger partial charge >= 0.3 is 0 Å². The number of nitrogens with one attached hydrogen (secondary N) is 1. The highest BCUT2D eigenvalue weighted by atomic mass is 79.9. The van der Waals surface area contributed by atoms with Crippen LogP contribution in [0.5, 0.6) is 0 Å². The van der Waals surface area contributed by atoms with E-state index in [0.717, 1.165) is 26.6 Å². The number of halogens is 3. The fraction of sp³-hybridized carbons (Fsp3) is 0. The third kappa shape index (κ3) is 3.44. The van der Waals surface area contributed by atoms with Crippen LogP contribution in [0.4, 0.5) is 0 Å². The Balaban J connectivity index is 1.53. The molecule has 0 amide bonds. The second-order valence-electron chi connectivity index (χ2n) is 6.33. The Bertz CT molecular complexity index is 1320. The summed E-state index contributed by atoms with van der Waals surface area (Å²) in [5.41, 5.74) is 3.91. The SMILES string of the molecule is Clc1cccc(Cl)c1-c1nc2ccc(-c3nnc(-c4ccc(Br)cc4)o3)cc2[nH]1. The van der Waals surface area contributed by atoms with Gasteiger partial charge in [-0.15, -0.1) is 10.2 Å². The number of rotatable bonds is 3. The Morgan fingerprint density at radius 1 is 0.828 bits per heavy atom. The molecule has 0 unspecified atom stereocenters. The summed E-state index contributed by atoms with van der Waals surface area (Å²) in [6, 6.07) is 18.7. The van der Waals surface area contributed by atoms with Crippen LogP contribution in [-0.4, -0.2) is 20.2 Å². The normalized spacial score (nSPS) is 11.3. The molecule has 0 saturated carbocycles. The zero-order chi connectivity index (χ0) is 20.0. The molecule has 0 saturated heterocycles. The molecule has 2 aromatic heterocycles. The molecule has 0 aliphatic rings. The molecule has 0 aliphatic heterocycles. The Morgan fingerprint density at radius 3 is 2.21 bits per heavy atom. The van der Waals surface area contributed by atoms with Crippen LogP contribution in [0, 0.1) is 0 Å². The van der Waals surface area contributed by atoms with Crippen molar-refractivity contribution >= 4 is 50.2 Å². The fourth-order valence-electron chi connectivity index (χ4n) is 3.03. The first-order valence-electron chi connectivity index (χ1n) is 8.62. The average molecular weight is 486 g/mol. The topological polar surface area (TPSA) is 67.6 Å². The minimum atomic E-state index is 0.428. The first-order valence-corrected chi connectivity index (χ1v) is 10.2. The molecular weight excluding hydrogens is 475 g/mol. The van der Waals surface area contributed by atoms with Crippen molar-refractivity contribution in [2.24, 2.45) is 0 Å². The summed E-state index contributed by atoms with van der Waals surface area (Å²) in [6.45, 7) is 0. The van der Waals surface area contributed by atoms with E-state index in [-0.39, 0.29) is 0 Å². The Hall–Kier alpha value is -2.67. The Morgan fingerprint density at radius 2 is 1.48 bits per heavy atom. The van der Waals surface area contributed by atoms with Gasteiger partial charge in [0, 0.05) is 15.6 Å². The predicted molar refractivity (Wildman–Crippen MR) is 118 cm³/mol. The highest BCUT2D eigenvalue weighted by Gasteiger charge is 2.15. The van der Waals surface area contributed by atoms with E-state index in [1.54, 1.807) is 18.2 Å². The number of imidazole rings is 1. The third-order valence-corrected chi connectivity index (χ3v) is 5.60. The van der Waals surface area contributed by atoms with Gasteiger partial charge in [-0.2, -0.15) is 0 Å². The first-order chi connectivity index (χ1) is 14.1. The number of nitrogens with zero attached hydrogens (tertiary/aromatic N) is 3. The van der Waals surface area contributed by atoms with Crippen LogP contribution in [-0.2, 0) is 0 Å². The van der Waals surface area contributed by atoms with E-state index in [2.05, 4.69) is 36.1 Å². The molecule has 8 heteroatoms. The molecule has 1 N–H and O–H groups in total. The van der Waals surface area contributed by atoms with Crippen molar-refractivity contribution in [3.63, 3.8) is 0 Å². The quantitative estimate of drug-likeness (QED) is 0.298. The highest BCUT2D eigenvalue weighted by molar-refractivity contribution is 9.10. The maximum absolute atomic E-state index is 6.31. The van der Waals surface area contributed by atoms with E-state index in [9.17, 15) is 0 Å². The molecule has 3 aromatic carbocycles. The molecule has 5 rings (SSSR count). The predicted octanol–water partition coefficient (Wildman–Crippen LogP) is 7.02. The minimum absolute atomic E-state index is 0.428. The Labute approximate surface area is 183 Å². The minimum Gasteiger partial charge on any atom is -0.416 e. The molecule has 29 heavy (non-hydrogen) atoms. The summed E-state index contributed by atoms with van der Waals surface area (Å²) in [6.07, 6.45) is 0. The van der Waals surface area contributed by atoms with E-state index in [1.165, 1.54) is 0 Å². The number of aromatic amines is 1. The van der Waals surface area contributed by atoms with Gasteiger partial charge in [0.2, 0.25) is 11.8 Å². The van der Waals surface area contributed by atoms with E-state index >= 15 is 0 Å². The van der Waals surface area contributed by atoms with Gasteiger partial charge < -0.3 is 9.40 Å². The van der Waals surface area contributed by atoms with Gasteiger partial charge in [-0.3, -0.25) is 0 Å². The van der Waals surface area contributed by atoms with Crippen molar-refractivity contribution in [3.8, 4) is 34.3 Å². The number of H-pyrrole nitrogens is 1. The lowest BCUT2D eigenvalue weighted by molar-refractivity contribution is 0.584. The van der Waals surface area contributed by atoms with Crippen molar-refractivity contribution in [3.05, 3.63) is 75.2 Å². The largest absolute Gasteiger partial charge is 0.416 e. The van der Waals surface area contributed by atoms with Crippen molar-refractivity contribution < 1.29 is 4.42 Å². The molecule has 2 heterocycles. The van der Waals surface area contributed by atoms with Crippen molar-refractivity contribution in [1.29, 1.82) is 0 Å². The molecule has 142 valence electrons. The Kier molecular flexibility index (Phi) is 4.62. The molecule has 5 aromatic rings. The number of fused-ring (bicyclic) bond motifs is 1. The fourth-order valence-corrected chi connectivity index (χ4v) is 3.87. The van der Waals surface area contributed by atoms with Crippen LogP contribution in [0.3, 0.4) is 0 Å². The van der Waals surface area contributed by atoms with Crippen LogP contribution in [0.1, 0.15) is 0 Å². The van der Waals surface area contributed by atoms with Crippen molar-refractivity contribution in [2.45, 2.75) is 0 Å². The number of hydrogen-bond donors (Lipinski definition) is 1. The zero-order valence-corrected chi connectivity index (χ0v) is 17.8. The second kappa shape index (κ2) is 7.30. The van der Waals surface area contributed by atoms with E-state index in [4.69, 9.17) is 27.6 Å². The molecule has 0 radical (unpaired) electrons. The summed E-state index contributed by atoms with van der Waals surface area (Å²) < 4.78 is 6.85. The first kappa shape index (κ1) is 18.4. The van der Waals surface area contributed by atoms with Crippen LogP contribution < -0.4 is 0 Å². The number of aromatic nitrogens is 4. The van der Waals surface area contributed by atoms with Gasteiger partial charge in [-0.05, 0) is 54.6 Å². The lowest BCUT2D eigenvalue weighted by Gasteiger charge is -2.02. The van der Waals surface area contributed by atoms with Crippen LogP contribution in [0.2, 0.25) is 10.0 Å². The average Bonchev–Trinajstić information content (AvgIpc) is 3.35. The van der Waals surface area contributed by atoms with Crippen LogP contribution >= 0.6 is 39.1 Å². The lowest BCUT2D eigenvalue weighted by Crippen LogP contribution is -1.83. The smallest absolute Gasteiger partial charge is 0.248 e. The van der Waals surface area contributed by atoms with E-state index < -0.39 is 0 Å². The molecule has 0 fully saturated rings. The standard InChI is InChI=1S/C21H11BrCl2N4O/c22-13-7-4-11(5-8-13)20-27-28-21(29-20)12-6-9-16-17(10-12)26-19(25-16)18-14(23)2-1-3-15(18)24/h1-10H,(H,25,26). The summed E-state index contributed by atoms with van der Waals surface area (Å²) >= 11 is 16.0. The van der Waals surface area contributed by atoms with Gasteiger partial charge in [-0.1, -0.05) is 45.2 Å². The van der Waals surface area contributed by atoms with Crippen molar-refractivity contribution in [2.75, 3.05) is 0 Å². The maximum Gasteiger partial charge on any atom is 0.248 e. The lowest BCUT2D eigenvalue weighted by atomic mass is 10.2. The molecular formula is C21H11BrCl2N4O. The van der Waals surface area contributed by atoms with Gasteiger partial charge in [0.15, 0.2) is 0 Å². The monoisotopic (exact) mass is 484 g/mol. The van der Waals surface area contributed by atoms with E-state index in [0.29, 0.717) is 33.2 Å². The summed E-state index contributed by atoms with van der Waals surface area (Å²) in [7, 11) is 0. The summed E-state index contributed by atoms with van der Waals surface area (Å²) in [4.78, 5) is 7.88. The third-order valence-electron chi connectivity index (χ3n) is 4.44. The van der Waals surface area contributed by atoms with Crippen molar-refractivity contribution in [1.82, 2.24) is 20.2 Å². The molecule has 0 bridgehead atoms. The summed E-state index contributed by atoms with van der Waals surface area (Å²) in [5.74, 6) is 1.49. The zero-order valence-electron chi connectivity index (χ0n) is 14.7. The molecule has 0 atom stereocenters. The summed E-state index contributed by atoms with van der Waals surface area (Å²) in [5, 5.41) is 9.41. The van der Waals surface area contributed by atoms with E-state index in [1.807, 2.05) is 42.5 Å². The molecule has 0 spiro atoms. The maximum atomic E-state index is 6.31. The van der Waals surface area contributed by atoms with Crippen LogP contribution in [0.15, 0.2) is 69.6 Å². The van der Waals surface area contributed by atoms with Crippen LogP contribution in [0.25, 0.3) is 45.3 Å². The van der Waals surface area contributed by atoms with Gasteiger partial charge in [0.1, 0.15) is 5.82 Å². The number of benzene rings is 3. The number of hydrogen-bond acceptors (Lipinski definition) is 4. The molecule has 5 nitrogen and oxygen atoms in total. The van der Waals surface area contributed by atoms with Gasteiger partial charge in [-0.25, -0.2) is 4.98 Å². The van der Waals surface area contributed by atoms with Gasteiger partial charge in [0.25, 0.3) is 0 Å². The highest BCUT2D eigenvalue weighted by Crippen LogP contribution is 2.34. The molecule has 0 aliphatic carbocycles. The van der Waals surface area contributed by atoms with Gasteiger partial charge in [0.05, 0.1) is 26.6 Å².